The summed E-state index contributed by atoms with van der Waals surface area (Å²) < 4.78 is 27.8. The molecule has 178 valence electrons. The van der Waals surface area contributed by atoms with Crippen LogP contribution in [0.5, 0.6) is 0 Å². The van der Waals surface area contributed by atoms with Crippen molar-refractivity contribution in [2.75, 3.05) is 11.9 Å². The lowest BCUT2D eigenvalue weighted by Gasteiger charge is -2.19. The van der Waals surface area contributed by atoms with E-state index in [9.17, 15) is 23.5 Å². The Hall–Kier alpha value is -3.38. The van der Waals surface area contributed by atoms with Crippen molar-refractivity contribution in [2.24, 2.45) is 0 Å². The number of carbonyl (C=O) groups excluding carboxylic acids is 2. The molecular formula is C28H29F2NO3. The maximum Gasteiger partial charge on any atom is 0.298 e. The van der Waals surface area contributed by atoms with Crippen molar-refractivity contribution in [1.82, 2.24) is 0 Å². The van der Waals surface area contributed by atoms with E-state index in [0.717, 1.165) is 29.3 Å². The van der Waals surface area contributed by atoms with Gasteiger partial charge in [-0.1, -0.05) is 42.5 Å². The van der Waals surface area contributed by atoms with Gasteiger partial charge in [-0.2, -0.15) is 8.78 Å². The highest BCUT2D eigenvalue weighted by atomic mass is 19.3. The Morgan fingerprint density at radius 3 is 1.82 bits per heavy atom. The second-order valence-corrected chi connectivity index (χ2v) is 8.80. The minimum absolute atomic E-state index is 0.0681. The van der Waals surface area contributed by atoms with Crippen LogP contribution in [0.4, 0.5) is 14.5 Å². The van der Waals surface area contributed by atoms with Crippen LogP contribution >= 0.6 is 0 Å². The fraction of sp³-hybridized carbons (Fsp3) is 0.286. The van der Waals surface area contributed by atoms with Crippen molar-refractivity contribution < 1.29 is 23.5 Å². The Kier molecular flexibility index (Phi) is 7.62. The van der Waals surface area contributed by atoms with Crippen LogP contribution in [-0.2, 0) is 23.6 Å². The lowest BCUT2D eigenvalue weighted by atomic mass is 9.98. The molecule has 3 aromatic carbocycles. The molecule has 0 aliphatic carbocycles. The van der Waals surface area contributed by atoms with E-state index in [-0.39, 0.29) is 30.1 Å². The number of rotatable bonds is 8. The Labute approximate surface area is 198 Å². The van der Waals surface area contributed by atoms with Crippen molar-refractivity contribution in [3.8, 4) is 0 Å². The van der Waals surface area contributed by atoms with Crippen molar-refractivity contribution in [1.29, 1.82) is 0 Å². The van der Waals surface area contributed by atoms with E-state index in [1.807, 2.05) is 32.0 Å². The average Bonchev–Trinajstić information content (AvgIpc) is 2.78. The number of Topliss-reactive ketones (excluding diaryl/α,β-unsaturated/α-hetero) is 1. The normalized spacial score (nSPS) is 12.3. The fourth-order valence-corrected chi connectivity index (χ4v) is 3.82. The lowest BCUT2D eigenvalue weighted by molar-refractivity contribution is -0.117. The molecule has 0 saturated heterocycles. The first-order valence-electron chi connectivity index (χ1n) is 11.1. The molecule has 0 aliphatic rings. The van der Waals surface area contributed by atoms with Gasteiger partial charge in [0.05, 0.1) is 0 Å². The zero-order chi connectivity index (χ0) is 25.0. The number of carbonyl (C=O) groups is 2. The molecule has 4 nitrogen and oxygen atoms in total. The van der Waals surface area contributed by atoms with Crippen LogP contribution in [0.15, 0.2) is 66.7 Å². The molecule has 1 atom stereocenters. The fourth-order valence-electron chi connectivity index (χ4n) is 3.82. The van der Waals surface area contributed by atoms with Crippen molar-refractivity contribution in [3.63, 3.8) is 0 Å². The van der Waals surface area contributed by atoms with E-state index in [0.29, 0.717) is 11.1 Å². The Balaban J connectivity index is 1.62. The number of aliphatic hydroxyl groups excluding tert-OH is 1. The highest BCUT2D eigenvalue weighted by Crippen LogP contribution is 2.31. The number of halogens is 2. The highest BCUT2D eigenvalue weighted by Gasteiger charge is 2.37. The summed E-state index contributed by atoms with van der Waals surface area (Å²) in [4.78, 5) is 27.0. The number of amides is 1. The minimum Gasteiger partial charge on any atom is -0.387 e. The number of aryl methyl sites for hydroxylation is 2. The molecule has 0 saturated carbocycles. The molecule has 1 amide bonds. The molecule has 0 bridgehead atoms. The molecule has 0 fully saturated rings. The van der Waals surface area contributed by atoms with Crippen LogP contribution in [0.1, 0.15) is 45.1 Å². The number of hydrogen-bond acceptors (Lipinski definition) is 3. The van der Waals surface area contributed by atoms with Gasteiger partial charge in [0.1, 0.15) is 11.9 Å². The van der Waals surface area contributed by atoms with Crippen LogP contribution in [-0.4, -0.2) is 29.9 Å². The maximum absolute atomic E-state index is 13.9. The molecular weight excluding hydrogens is 436 g/mol. The molecule has 34 heavy (non-hydrogen) atoms. The molecule has 0 aliphatic heterocycles. The SMILES string of the molecule is Cc1cc(C)cc(N(C)C(=O)c2ccc(CC(=O)Cc3ccc(C(F)(F)[C@@H](C)O)cc3)cc2)c1. The summed E-state index contributed by atoms with van der Waals surface area (Å²) in [5.74, 6) is -3.55. The lowest BCUT2D eigenvalue weighted by Crippen LogP contribution is -2.27. The van der Waals surface area contributed by atoms with Gasteiger partial charge in [-0.3, -0.25) is 9.59 Å². The third-order valence-corrected chi connectivity index (χ3v) is 5.77. The number of alkyl halides is 2. The Morgan fingerprint density at radius 1 is 0.882 bits per heavy atom. The molecule has 3 aromatic rings. The zero-order valence-electron chi connectivity index (χ0n) is 19.8. The van der Waals surface area contributed by atoms with E-state index >= 15 is 0 Å². The number of anilines is 1. The summed E-state index contributed by atoms with van der Waals surface area (Å²) >= 11 is 0. The van der Waals surface area contributed by atoms with Crippen LogP contribution in [0, 0.1) is 13.8 Å². The molecule has 1 N–H and O–H groups in total. The van der Waals surface area contributed by atoms with Crippen molar-refractivity contribution >= 4 is 17.4 Å². The minimum atomic E-state index is -3.34. The van der Waals surface area contributed by atoms with Crippen LogP contribution in [0.3, 0.4) is 0 Å². The van der Waals surface area contributed by atoms with Crippen LogP contribution < -0.4 is 4.90 Å². The van der Waals surface area contributed by atoms with Gasteiger partial charge in [-0.05, 0) is 67.3 Å². The molecule has 6 heteroatoms. The highest BCUT2D eigenvalue weighted by molar-refractivity contribution is 6.05. The van der Waals surface area contributed by atoms with Crippen LogP contribution in [0.2, 0.25) is 0 Å². The van der Waals surface area contributed by atoms with Crippen LogP contribution in [0.25, 0.3) is 0 Å². The number of nitrogens with zero attached hydrogens (tertiary/aromatic N) is 1. The summed E-state index contributed by atoms with van der Waals surface area (Å²) in [5, 5.41) is 9.25. The van der Waals surface area contributed by atoms with E-state index < -0.39 is 12.0 Å². The molecule has 0 aromatic heterocycles. The smallest absolute Gasteiger partial charge is 0.298 e. The van der Waals surface area contributed by atoms with E-state index in [2.05, 4.69) is 0 Å². The third kappa shape index (κ3) is 5.94. The zero-order valence-corrected chi connectivity index (χ0v) is 19.8. The second kappa shape index (κ2) is 10.3. The summed E-state index contributed by atoms with van der Waals surface area (Å²) in [5.41, 5.74) is 4.60. The van der Waals surface area contributed by atoms with Crippen molar-refractivity contribution in [3.05, 3.63) is 100 Å². The van der Waals surface area contributed by atoms with Gasteiger partial charge in [0.2, 0.25) is 0 Å². The number of benzene rings is 3. The van der Waals surface area contributed by atoms with Gasteiger partial charge in [-0.25, -0.2) is 0 Å². The first-order valence-corrected chi connectivity index (χ1v) is 11.1. The molecule has 0 spiro atoms. The first kappa shape index (κ1) is 25.2. The van der Waals surface area contributed by atoms with E-state index in [1.165, 1.54) is 24.3 Å². The topological polar surface area (TPSA) is 57.6 Å². The molecule has 0 heterocycles. The van der Waals surface area contributed by atoms with Gasteiger partial charge in [-0.15, -0.1) is 0 Å². The van der Waals surface area contributed by atoms with Crippen molar-refractivity contribution in [2.45, 2.75) is 45.6 Å². The second-order valence-electron chi connectivity index (χ2n) is 8.80. The summed E-state index contributed by atoms with van der Waals surface area (Å²) in [7, 11) is 1.73. The van der Waals surface area contributed by atoms with Gasteiger partial charge in [0, 0.05) is 36.7 Å². The third-order valence-electron chi connectivity index (χ3n) is 5.77. The standard InChI is InChI=1S/C28H29F2NO3/c1-18-13-19(2)15-25(14-18)31(4)27(34)23-9-5-21(6-10-23)16-26(33)17-22-7-11-24(12-8-22)28(29,30)20(3)32/h5-15,20,32H,16-17H2,1-4H3/t20-/m1/s1. The predicted octanol–water partition coefficient (Wildman–Crippen LogP) is 5.41. The van der Waals surface area contributed by atoms with E-state index in [1.54, 1.807) is 36.2 Å². The predicted molar refractivity (Wildman–Crippen MR) is 130 cm³/mol. The summed E-state index contributed by atoms with van der Waals surface area (Å²) in [6.07, 6.45) is -1.51. The van der Waals surface area contributed by atoms with Gasteiger partial charge in [0.25, 0.3) is 11.8 Å². The quantitative estimate of drug-likeness (QED) is 0.484. The number of aliphatic hydroxyl groups is 1. The average molecular weight is 466 g/mol. The maximum atomic E-state index is 13.9. The molecule has 0 radical (unpaired) electrons. The largest absolute Gasteiger partial charge is 0.387 e. The number of hydrogen-bond donors (Lipinski definition) is 1. The molecule has 0 unspecified atom stereocenters. The van der Waals surface area contributed by atoms with Gasteiger partial charge in [0.15, 0.2) is 0 Å². The monoisotopic (exact) mass is 465 g/mol. The first-order chi connectivity index (χ1) is 16.0. The van der Waals surface area contributed by atoms with Gasteiger partial charge >= 0.3 is 0 Å². The Bertz CT molecular complexity index is 1150. The Morgan fingerprint density at radius 2 is 1.35 bits per heavy atom. The summed E-state index contributed by atoms with van der Waals surface area (Å²) in [6, 6.07) is 18.3. The number of ketones is 1. The summed E-state index contributed by atoms with van der Waals surface area (Å²) in [6.45, 7) is 5.01. The molecule has 3 rings (SSSR count). The van der Waals surface area contributed by atoms with E-state index in [4.69, 9.17) is 0 Å². The van der Waals surface area contributed by atoms with Gasteiger partial charge < -0.3 is 10.0 Å².